The predicted molar refractivity (Wildman–Crippen MR) is 98.6 cm³/mol. The zero-order valence-corrected chi connectivity index (χ0v) is 15.9. The lowest BCUT2D eigenvalue weighted by Gasteiger charge is -2.37. The molecule has 3 nitrogen and oxygen atoms in total. The topological polar surface area (TPSA) is 50.1 Å². The van der Waals surface area contributed by atoms with E-state index in [9.17, 15) is 4.79 Å². The summed E-state index contributed by atoms with van der Waals surface area (Å²) in [5, 5.41) is 8.97. The van der Waals surface area contributed by atoms with Gasteiger partial charge in [0, 0.05) is 5.92 Å². The molecule has 25 heavy (non-hydrogen) atoms. The van der Waals surface area contributed by atoms with E-state index in [1.807, 2.05) is 0 Å². The molecule has 3 aliphatic rings. The maximum atomic E-state index is 12.5. The molecule has 0 aromatic rings. The van der Waals surface area contributed by atoms with Gasteiger partial charge in [0.2, 0.25) is 0 Å². The molecule has 0 aromatic heterocycles. The third-order valence-electron chi connectivity index (χ3n) is 7.38. The van der Waals surface area contributed by atoms with Crippen LogP contribution in [0.4, 0.5) is 0 Å². The highest BCUT2D eigenvalue weighted by Gasteiger charge is 2.34. The molecule has 0 aromatic carbocycles. The number of nitrogens with zero attached hydrogens (tertiary/aromatic N) is 1. The first-order valence-electron chi connectivity index (χ1n) is 10.8. The molecule has 3 saturated carbocycles. The van der Waals surface area contributed by atoms with Gasteiger partial charge in [0.1, 0.15) is 6.10 Å². The van der Waals surface area contributed by atoms with E-state index in [0.717, 1.165) is 56.3 Å². The molecule has 3 fully saturated rings. The molecule has 0 bridgehead atoms. The minimum absolute atomic E-state index is 0.0496. The van der Waals surface area contributed by atoms with Crippen LogP contribution in [0.15, 0.2) is 0 Å². The Morgan fingerprint density at radius 2 is 1.44 bits per heavy atom. The van der Waals surface area contributed by atoms with Gasteiger partial charge >= 0.3 is 5.97 Å². The average molecular weight is 346 g/mol. The Kier molecular flexibility index (Phi) is 6.79. The molecule has 3 aliphatic carbocycles. The number of rotatable bonds is 4. The smallest absolute Gasteiger partial charge is 0.309 e. The highest BCUT2D eigenvalue weighted by atomic mass is 16.5. The van der Waals surface area contributed by atoms with Crippen molar-refractivity contribution < 1.29 is 9.53 Å². The fourth-order valence-electron chi connectivity index (χ4n) is 5.46. The third kappa shape index (κ3) is 4.99. The molecule has 0 atom stereocenters. The number of carbonyl (C=O) groups is 1. The van der Waals surface area contributed by atoms with Gasteiger partial charge in [-0.3, -0.25) is 4.79 Å². The van der Waals surface area contributed by atoms with Crippen molar-refractivity contribution in [3.63, 3.8) is 0 Å². The second-order valence-corrected chi connectivity index (χ2v) is 8.84. The lowest BCUT2D eigenvalue weighted by Crippen LogP contribution is -2.32. The zero-order chi connectivity index (χ0) is 17.6. The van der Waals surface area contributed by atoms with Gasteiger partial charge < -0.3 is 4.74 Å². The van der Waals surface area contributed by atoms with Crippen molar-refractivity contribution in [3.05, 3.63) is 0 Å². The predicted octanol–water partition coefficient (Wildman–Crippen LogP) is 5.63. The number of esters is 1. The Morgan fingerprint density at radius 3 is 1.96 bits per heavy atom. The Bertz CT molecular complexity index is 459. The van der Waals surface area contributed by atoms with Gasteiger partial charge in [-0.15, -0.1) is 0 Å². The highest BCUT2D eigenvalue weighted by molar-refractivity contribution is 5.72. The van der Waals surface area contributed by atoms with E-state index < -0.39 is 0 Å². The van der Waals surface area contributed by atoms with Crippen molar-refractivity contribution in [2.45, 2.75) is 96.5 Å². The molecule has 0 unspecified atom stereocenters. The molecule has 0 saturated heterocycles. The van der Waals surface area contributed by atoms with Gasteiger partial charge in [-0.05, 0) is 82.0 Å². The van der Waals surface area contributed by atoms with Gasteiger partial charge in [-0.1, -0.05) is 26.2 Å². The van der Waals surface area contributed by atoms with Crippen LogP contribution in [0.3, 0.4) is 0 Å². The van der Waals surface area contributed by atoms with Crippen LogP contribution in [0.5, 0.6) is 0 Å². The van der Waals surface area contributed by atoms with Crippen LogP contribution < -0.4 is 0 Å². The van der Waals surface area contributed by atoms with Crippen LogP contribution in [0.25, 0.3) is 0 Å². The van der Waals surface area contributed by atoms with Gasteiger partial charge in [-0.25, -0.2) is 0 Å². The van der Waals surface area contributed by atoms with E-state index in [4.69, 9.17) is 10.00 Å². The van der Waals surface area contributed by atoms with Crippen LogP contribution in [0, 0.1) is 40.9 Å². The molecule has 0 spiro atoms. The first-order chi connectivity index (χ1) is 12.2. The van der Waals surface area contributed by atoms with E-state index >= 15 is 0 Å². The van der Waals surface area contributed by atoms with Crippen LogP contribution >= 0.6 is 0 Å². The minimum Gasteiger partial charge on any atom is -0.462 e. The van der Waals surface area contributed by atoms with Crippen molar-refractivity contribution >= 4 is 5.97 Å². The van der Waals surface area contributed by atoms with Crippen molar-refractivity contribution in [3.8, 4) is 6.07 Å². The Labute approximate surface area is 153 Å². The van der Waals surface area contributed by atoms with Crippen molar-refractivity contribution in [1.29, 1.82) is 5.26 Å². The molecule has 0 heterocycles. The number of hydrogen-bond donors (Lipinski definition) is 0. The molecule has 3 heteroatoms. The fraction of sp³-hybridized carbons (Fsp3) is 0.909. The summed E-state index contributed by atoms with van der Waals surface area (Å²) >= 11 is 0. The summed E-state index contributed by atoms with van der Waals surface area (Å²) in [7, 11) is 0. The standard InChI is InChI=1S/C22H35NO2/c1-2-16-3-7-18(8-4-16)19-9-11-20(12-10-19)22(24)25-21-13-5-17(15-23)6-14-21/h16-21H,2-14H2,1H3. The minimum atomic E-state index is 0.0496. The van der Waals surface area contributed by atoms with E-state index in [1.54, 1.807) is 0 Å². The molecular weight excluding hydrogens is 310 g/mol. The first-order valence-corrected chi connectivity index (χ1v) is 10.8. The number of hydrogen-bond acceptors (Lipinski definition) is 3. The Hall–Kier alpha value is -1.04. The number of nitriles is 1. The quantitative estimate of drug-likeness (QED) is 0.620. The summed E-state index contributed by atoms with van der Waals surface area (Å²) < 4.78 is 5.78. The number of ether oxygens (including phenoxy) is 1. The maximum Gasteiger partial charge on any atom is 0.309 e. The molecule has 0 N–H and O–H groups in total. The maximum absolute atomic E-state index is 12.5. The SMILES string of the molecule is CCC1CCC(C2CCC(C(=O)OC3CCC(C#N)CC3)CC2)CC1. The average Bonchev–Trinajstić information content (AvgIpc) is 2.69. The summed E-state index contributed by atoms with van der Waals surface area (Å²) in [4.78, 5) is 12.5. The third-order valence-corrected chi connectivity index (χ3v) is 7.38. The van der Waals surface area contributed by atoms with E-state index in [1.165, 1.54) is 44.9 Å². The van der Waals surface area contributed by atoms with Gasteiger partial charge in [-0.2, -0.15) is 5.26 Å². The van der Waals surface area contributed by atoms with Gasteiger partial charge in [0.15, 0.2) is 0 Å². The lowest BCUT2D eigenvalue weighted by atomic mass is 9.69. The fourth-order valence-corrected chi connectivity index (χ4v) is 5.46. The molecule has 140 valence electrons. The molecule has 0 amide bonds. The Morgan fingerprint density at radius 1 is 0.880 bits per heavy atom. The van der Waals surface area contributed by atoms with Gasteiger partial charge in [0.05, 0.1) is 12.0 Å². The summed E-state index contributed by atoms with van der Waals surface area (Å²) in [6.45, 7) is 2.33. The summed E-state index contributed by atoms with van der Waals surface area (Å²) in [6, 6.07) is 2.34. The first kappa shape index (κ1) is 18.7. The summed E-state index contributed by atoms with van der Waals surface area (Å²) in [6.07, 6.45) is 15.1. The number of carbonyl (C=O) groups excluding carboxylic acids is 1. The van der Waals surface area contributed by atoms with E-state index in [0.29, 0.717) is 0 Å². The second kappa shape index (κ2) is 9.06. The normalized spacial score (nSPS) is 39.4. The van der Waals surface area contributed by atoms with E-state index in [2.05, 4.69) is 13.0 Å². The van der Waals surface area contributed by atoms with Crippen molar-refractivity contribution in [1.82, 2.24) is 0 Å². The van der Waals surface area contributed by atoms with E-state index in [-0.39, 0.29) is 23.9 Å². The molecular formula is C22H35NO2. The largest absolute Gasteiger partial charge is 0.462 e. The molecule has 3 rings (SSSR count). The van der Waals surface area contributed by atoms with Crippen LogP contribution in [0.2, 0.25) is 0 Å². The van der Waals surface area contributed by atoms with Crippen LogP contribution in [-0.2, 0) is 9.53 Å². The summed E-state index contributed by atoms with van der Waals surface area (Å²) in [5.74, 6) is 3.10. The molecule has 0 radical (unpaired) electrons. The summed E-state index contributed by atoms with van der Waals surface area (Å²) in [5.41, 5.74) is 0. The zero-order valence-electron chi connectivity index (χ0n) is 15.9. The van der Waals surface area contributed by atoms with Gasteiger partial charge in [0.25, 0.3) is 0 Å². The van der Waals surface area contributed by atoms with Crippen molar-refractivity contribution in [2.75, 3.05) is 0 Å². The molecule has 0 aliphatic heterocycles. The monoisotopic (exact) mass is 345 g/mol. The Balaban J connectivity index is 1.37. The second-order valence-electron chi connectivity index (χ2n) is 8.84. The lowest BCUT2D eigenvalue weighted by molar-refractivity contribution is -0.157. The van der Waals surface area contributed by atoms with Crippen molar-refractivity contribution in [2.24, 2.45) is 29.6 Å². The van der Waals surface area contributed by atoms with Crippen LogP contribution in [0.1, 0.15) is 90.4 Å². The highest BCUT2D eigenvalue weighted by Crippen LogP contribution is 2.42. The van der Waals surface area contributed by atoms with Crippen LogP contribution in [-0.4, -0.2) is 12.1 Å².